The number of nitrogens with one attached hydrogen (secondary N) is 2. The fourth-order valence-corrected chi connectivity index (χ4v) is 4.40. The molecule has 2 aliphatic rings. The Labute approximate surface area is 204 Å². The van der Waals surface area contributed by atoms with Crippen LogP contribution in [0.1, 0.15) is 24.0 Å². The van der Waals surface area contributed by atoms with Gasteiger partial charge in [0.15, 0.2) is 0 Å². The van der Waals surface area contributed by atoms with Crippen molar-refractivity contribution in [3.8, 4) is 22.3 Å². The number of benzene rings is 2. The van der Waals surface area contributed by atoms with Gasteiger partial charge in [0.25, 0.3) is 0 Å². The Morgan fingerprint density at radius 2 is 1.21 bits per heavy atom. The van der Waals surface area contributed by atoms with E-state index in [1.54, 1.807) is 12.4 Å². The summed E-state index contributed by atoms with van der Waals surface area (Å²) in [6, 6.07) is 20.5. The van der Waals surface area contributed by atoms with E-state index < -0.39 is 0 Å². The molecule has 2 N–H and O–H groups in total. The molecule has 34 heavy (non-hydrogen) atoms. The minimum atomic E-state index is 0.103. The lowest BCUT2D eigenvalue weighted by Crippen LogP contribution is -2.18. The maximum Gasteiger partial charge on any atom is 0.224 e. The Balaban J connectivity index is 0.000000142. The molecule has 6 heteroatoms. The van der Waals surface area contributed by atoms with Gasteiger partial charge in [0, 0.05) is 49.0 Å². The number of rotatable bonds is 2. The van der Waals surface area contributed by atoms with Crippen LogP contribution in [-0.4, -0.2) is 20.9 Å². The fraction of sp³-hybridized carbons (Fsp3) is 0.143. The molecular weight excluding hydrogens is 440 g/mol. The monoisotopic (exact) mass is 464 g/mol. The Morgan fingerprint density at radius 3 is 1.76 bits per heavy atom. The minimum absolute atomic E-state index is 0.103. The normalized spacial score (nSPS) is 14.0. The second-order valence-electron chi connectivity index (χ2n) is 8.32. The number of fused-ring (bicyclic) bond motifs is 2. The first-order chi connectivity index (χ1) is 16.7. The van der Waals surface area contributed by atoms with Gasteiger partial charge in [-0.3, -0.25) is 14.8 Å². The highest BCUT2D eigenvalue weighted by molar-refractivity contribution is 7.80. The lowest BCUT2D eigenvalue weighted by molar-refractivity contribution is -0.116. The molecule has 0 saturated heterocycles. The molecule has 2 aromatic carbocycles. The van der Waals surface area contributed by atoms with Crippen LogP contribution in [0.5, 0.6) is 0 Å². The number of carbonyl (C=O) groups is 1. The molecular formula is C28H24N4OS. The molecule has 0 fully saturated rings. The predicted octanol–water partition coefficient (Wildman–Crippen LogP) is 6.07. The lowest BCUT2D eigenvalue weighted by Gasteiger charge is -2.19. The van der Waals surface area contributed by atoms with Gasteiger partial charge in [-0.1, -0.05) is 36.5 Å². The van der Waals surface area contributed by atoms with Crippen LogP contribution in [0.4, 0.5) is 11.4 Å². The van der Waals surface area contributed by atoms with Crippen molar-refractivity contribution in [2.24, 2.45) is 0 Å². The number of anilines is 2. The summed E-state index contributed by atoms with van der Waals surface area (Å²) in [7, 11) is 0. The SMILES string of the molecule is O=C1CCc2cc(-c3cccnc3)ccc2N1.S=C1CCc2cc(-c3cccnc3)ccc2N1. The summed E-state index contributed by atoms with van der Waals surface area (Å²) >= 11 is 5.19. The Bertz CT molecular complexity index is 1230. The topological polar surface area (TPSA) is 66.9 Å². The Hall–Kier alpha value is -3.90. The van der Waals surface area contributed by atoms with Crippen molar-refractivity contribution in [3.05, 3.63) is 96.6 Å². The third-order valence-corrected chi connectivity index (χ3v) is 6.30. The van der Waals surface area contributed by atoms with Crippen molar-refractivity contribution in [1.82, 2.24) is 9.97 Å². The maximum atomic E-state index is 11.3. The number of aromatic nitrogens is 2. The molecule has 0 bridgehead atoms. The highest BCUT2D eigenvalue weighted by atomic mass is 32.1. The van der Waals surface area contributed by atoms with Gasteiger partial charge in [-0.2, -0.15) is 0 Å². The molecule has 0 spiro atoms. The summed E-state index contributed by atoms with van der Waals surface area (Å²) < 4.78 is 0. The zero-order valence-corrected chi connectivity index (χ0v) is 19.4. The molecule has 6 rings (SSSR count). The molecule has 1 amide bonds. The number of hydrogen-bond donors (Lipinski definition) is 2. The van der Waals surface area contributed by atoms with E-state index in [9.17, 15) is 4.79 Å². The second-order valence-corrected chi connectivity index (χ2v) is 8.82. The van der Waals surface area contributed by atoms with Gasteiger partial charge in [-0.05, 0) is 82.6 Å². The first kappa shape index (κ1) is 21.9. The number of nitrogens with zero attached hydrogens (tertiary/aromatic N) is 2. The summed E-state index contributed by atoms with van der Waals surface area (Å²) in [5.74, 6) is 0.103. The van der Waals surface area contributed by atoms with E-state index in [2.05, 4.69) is 50.9 Å². The van der Waals surface area contributed by atoms with Gasteiger partial charge < -0.3 is 10.6 Å². The summed E-state index contributed by atoms with van der Waals surface area (Å²) in [6.07, 6.45) is 10.7. The molecule has 0 atom stereocenters. The number of hydrogen-bond acceptors (Lipinski definition) is 4. The van der Waals surface area contributed by atoms with Gasteiger partial charge in [-0.25, -0.2) is 0 Å². The van der Waals surface area contributed by atoms with E-state index in [-0.39, 0.29) is 5.91 Å². The largest absolute Gasteiger partial charge is 0.350 e. The third-order valence-electron chi connectivity index (χ3n) is 5.99. The molecule has 4 aromatic rings. The first-order valence-corrected chi connectivity index (χ1v) is 11.7. The average molecular weight is 465 g/mol. The molecule has 0 radical (unpaired) electrons. The van der Waals surface area contributed by atoms with Crippen LogP contribution < -0.4 is 10.6 Å². The van der Waals surface area contributed by atoms with Crippen LogP contribution in [-0.2, 0) is 17.6 Å². The van der Waals surface area contributed by atoms with Gasteiger partial charge in [-0.15, -0.1) is 0 Å². The lowest BCUT2D eigenvalue weighted by atomic mass is 9.98. The van der Waals surface area contributed by atoms with Gasteiger partial charge >= 0.3 is 0 Å². The number of aryl methyl sites for hydroxylation is 2. The van der Waals surface area contributed by atoms with E-state index >= 15 is 0 Å². The summed E-state index contributed by atoms with van der Waals surface area (Å²) in [4.78, 5) is 20.5. The van der Waals surface area contributed by atoms with E-state index in [0.29, 0.717) is 6.42 Å². The molecule has 2 aliphatic heterocycles. The van der Waals surface area contributed by atoms with Crippen molar-refractivity contribution in [1.29, 1.82) is 0 Å². The van der Waals surface area contributed by atoms with Crippen molar-refractivity contribution in [2.45, 2.75) is 25.7 Å². The Kier molecular flexibility index (Phi) is 6.40. The molecule has 2 aromatic heterocycles. The smallest absolute Gasteiger partial charge is 0.224 e. The molecule has 0 saturated carbocycles. The number of amides is 1. The zero-order valence-electron chi connectivity index (χ0n) is 18.6. The van der Waals surface area contributed by atoms with Crippen molar-refractivity contribution in [2.75, 3.05) is 10.6 Å². The molecule has 0 unspecified atom stereocenters. The van der Waals surface area contributed by atoms with Gasteiger partial charge in [0.1, 0.15) is 0 Å². The van der Waals surface area contributed by atoms with E-state index in [1.807, 2.05) is 42.7 Å². The highest BCUT2D eigenvalue weighted by Gasteiger charge is 2.15. The fourth-order valence-electron chi connectivity index (χ4n) is 4.19. The molecule has 5 nitrogen and oxygen atoms in total. The predicted molar refractivity (Wildman–Crippen MR) is 141 cm³/mol. The van der Waals surface area contributed by atoms with Crippen molar-refractivity contribution >= 4 is 34.5 Å². The van der Waals surface area contributed by atoms with Crippen LogP contribution in [0.25, 0.3) is 22.3 Å². The molecule has 4 heterocycles. The number of pyridine rings is 2. The van der Waals surface area contributed by atoms with Crippen molar-refractivity contribution < 1.29 is 4.79 Å². The van der Waals surface area contributed by atoms with Crippen LogP contribution >= 0.6 is 12.2 Å². The van der Waals surface area contributed by atoms with E-state index in [0.717, 1.165) is 52.3 Å². The first-order valence-electron chi connectivity index (χ1n) is 11.3. The van der Waals surface area contributed by atoms with Gasteiger partial charge in [0.2, 0.25) is 5.91 Å². The van der Waals surface area contributed by atoms with E-state index in [1.165, 1.54) is 16.7 Å². The number of thiocarbonyl (C=S) groups is 1. The number of carbonyl (C=O) groups excluding carboxylic acids is 1. The second kappa shape index (κ2) is 9.93. The summed E-state index contributed by atoms with van der Waals surface area (Å²) in [6.45, 7) is 0. The van der Waals surface area contributed by atoms with Crippen molar-refractivity contribution in [3.63, 3.8) is 0 Å². The van der Waals surface area contributed by atoms with Gasteiger partial charge in [0.05, 0.1) is 4.99 Å². The maximum absolute atomic E-state index is 11.3. The van der Waals surface area contributed by atoms with Crippen LogP contribution in [0.3, 0.4) is 0 Å². The molecule has 168 valence electrons. The third kappa shape index (κ3) is 5.02. The van der Waals surface area contributed by atoms with E-state index in [4.69, 9.17) is 12.2 Å². The summed E-state index contributed by atoms with van der Waals surface area (Å²) in [5.41, 5.74) is 9.24. The Morgan fingerprint density at radius 1 is 0.647 bits per heavy atom. The molecule has 0 aliphatic carbocycles. The van der Waals surface area contributed by atoms with Crippen LogP contribution in [0.2, 0.25) is 0 Å². The van der Waals surface area contributed by atoms with Crippen LogP contribution in [0, 0.1) is 0 Å². The minimum Gasteiger partial charge on any atom is -0.350 e. The zero-order chi connectivity index (χ0) is 23.3. The van der Waals surface area contributed by atoms with Crippen LogP contribution in [0.15, 0.2) is 85.5 Å². The highest BCUT2D eigenvalue weighted by Crippen LogP contribution is 2.29. The standard InChI is InChI=1S/C14H12N2O.C14H12N2S/c2*17-14-6-4-11-8-10(3-5-13(11)16-14)12-2-1-7-15-9-12/h2*1-3,5,7-9H,4,6H2,(H,16,17). The quantitative estimate of drug-likeness (QED) is 0.353. The summed E-state index contributed by atoms with van der Waals surface area (Å²) in [5, 5.41) is 6.14. The average Bonchev–Trinajstić information content (AvgIpc) is 2.89.